The molecule has 1 heterocycles. The fourth-order valence-corrected chi connectivity index (χ4v) is 1.81. The van der Waals surface area contributed by atoms with Crippen molar-refractivity contribution in [1.82, 2.24) is 10.3 Å². The second-order valence-electron chi connectivity index (χ2n) is 4.62. The van der Waals surface area contributed by atoms with Crippen LogP contribution in [0, 0.1) is 17.0 Å². The minimum absolute atomic E-state index is 0.0615. The molecule has 2 rings (SSSR count). The van der Waals surface area contributed by atoms with Gasteiger partial charge >= 0.3 is 5.69 Å². The maximum absolute atomic E-state index is 11.0. The molecule has 1 aromatic heterocycles. The number of benzene rings is 1. The summed E-state index contributed by atoms with van der Waals surface area (Å²) >= 11 is 0. The zero-order chi connectivity index (χ0) is 15.2. The Labute approximate surface area is 122 Å². The number of hydrogen-bond donors (Lipinski definition) is 1. The van der Waals surface area contributed by atoms with E-state index in [1.165, 1.54) is 6.07 Å². The lowest BCUT2D eigenvalue weighted by molar-refractivity contribution is -0.385. The van der Waals surface area contributed by atoms with E-state index in [1.807, 2.05) is 13.0 Å². The van der Waals surface area contributed by atoms with E-state index in [0.29, 0.717) is 5.88 Å². The maximum Gasteiger partial charge on any atom is 0.311 e. The Morgan fingerprint density at radius 1 is 1.33 bits per heavy atom. The first-order valence-corrected chi connectivity index (χ1v) is 6.68. The lowest BCUT2D eigenvalue weighted by Crippen LogP contribution is -2.11. The van der Waals surface area contributed by atoms with Crippen molar-refractivity contribution in [3.05, 3.63) is 57.8 Å². The van der Waals surface area contributed by atoms with Crippen molar-refractivity contribution >= 4 is 5.69 Å². The third-order valence-electron chi connectivity index (χ3n) is 2.90. The van der Waals surface area contributed by atoms with E-state index in [-0.39, 0.29) is 11.4 Å². The normalized spacial score (nSPS) is 10.4. The number of hydrogen-bond acceptors (Lipinski definition) is 5. The molecule has 0 aliphatic rings. The van der Waals surface area contributed by atoms with Crippen molar-refractivity contribution in [3.63, 3.8) is 0 Å². The SMILES string of the molecule is CCNCc1ccc(Oc2ccc(C)cc2[N+](=O)[O-])nc1. The van der Waals surface area contributed by atoms with Crippen molar-refractivity contribution in [3.8, 4) is 11.6 Å². The molecule has 0 spiro atoms. The largest absolute Gasteiger partial charge is 0.432 e. The number of rotatable bonds is 6. The summed E-state index contributed by atoms with van der Waals surface area (Å²) in [6.45, 7) is 5.44. The topological polar surface area (TPSA) is 77.3 Å². The zero-order valence-electron chi connectivity index (χ0n) is 12.0. The molecule has 0 unspecified atom stereocenters. The van der Waals surface area contributed by atoms with Gasteiger partial charge in [0.2, 0.25) is 11.6 Å². The van der Waals surface area contributed by atoms with Crippen LogP contribution >= 0.6 is 0 Å². The van der Waals surface area contributed by atoms with Crippen LogP contribution in [0.25, 0.3) is 0 Å². The number of nitro groups is 1. The van der Waals surface area contributed by atoms with Crippen LogP contribution in [0.3, 0.4) is 0 Å². The van der Waals surface area contributed by atoms with E-state index >= 15 is 0 Å². The fourth-order valence-electron chi connectivity index (χ4n) is 1.81. The lowest BCUT2D eigenvalue weighted by atomic mass is 10.2. The van der Waals surface area contributed by atoms with Crippen LogP contribution in [0.4, 0.5) is 5.69 Å². The summed E-state index contributed by atoms with van der Waals surface area (Å²) in [6, 6.07) is 8.42. The van der Waals surface area contributed by atoms with Crippen LogP contribution in [0.15, 0.2) is 36.5 Å². The predicted octanol–water partition coefficient (Wildman–Crippen LogP) is 3.20. The first-order chi connectivity index (χ1) is 10.1. The molecule has 1 N–H and O–H groups in total. The van der Waals surface area contributed by atoms with E-state index in [4.69, 9.17) is 4.74 Å². The van der Waals surface area contributed by atoms with Gasteiger partial charge in [0.1, 0.15) is 0 Å². The van der Waals surface area contributed by atoms with Gasteiger partial charge < -0.3 is 10.1 Å². The Morgan fingerprint density at radius 2 is 2.14 bits per heavy atom. The molecule has 0 radical (unpaired) electrons. The summed E-state index contributed by atoms with van der Waals surface area (Å²) in [6.07, 6.45) is 1.69. The van der Waals surface area contributed by atoms with E-state index in [0.717, 1.165) is 24.2 Å². The molecular weight excluding hydrogens is 270 g/mol. The molecule has 110 valence electrons. The summed E-state index contributed by atoms with van der Waals surface area (Å²) in [4.78, 5) is 14.7. The Hall–Kier alpha value is -2.47. The van der Waals surface area contributed by atoms with Gasteiger partial charge in [0, 0.05) is 24.9 Å². The average molecular weight is 287 g/mol. The van der Waals surface area contributed by atoms with Crippen LogP contribution in [0.5, 0.6) is 11.6 Å². The van der Waals surface area contributed by atoms with Crippen molar-refractivity contribution in [1.29, 1.82) is 0 Å². The molecule has 0 saturated heterocycles. The van der Waals surface area contributed by atoms with Gasteiger partial charge in [-0.1, -0.05) is 19.1 Å². The molecular formula is C15H17N3O3. The maximum atomic E-state index is 11.0. The third-order valence-corrected chi connectivity index (χ3v) is 2.90. The molecule has 0 atom stereocenters. The van der Waals surface area contributed by atoms with Crippen molar-refractivity contribution in [2.45, 2.75) is 20.4 Å². The monoisotopic (exact) mass is 287 g/mol. The highest BCUT2D eigenvalue weighted by Gasteiger charge is 2.16. The summed E-state index contributed by atoms with van der Waals surface area (Å²) in [7, 11) is 0. The Kier molecular flexibility index (Phi) is 4.84. The molecule has 21 heavy (non-hydrogen) atoms. The minimum Gasteiger partial charge on any atom is -0.432 e. The molecule has 0 fully saturated rings. The quantitative estimate of drug-likeness (QED) is 0.652. The van der Waals surface area contributed by atoms with Gasteiger partial charge in [-0.2, -0.15) is 0 Å². The molecule has 6 heteroatoms. The lowest BCUT2D eigenvalue weighted by Gasteiger charge is -2.07. The van der Waals surface area contributed by atoms with Crippen molar-refractivity contribution in [2.75, 3.05) is 6.54 Å². The van der Waals surface area contributed by atoms with Crippen LogP contribution in [0.2, 0.25) is 0 Å². The van der Waals surface area contributed by atoms with E-state index < -0.39 is 4.92 Å². The summed E-state index contributed by atoms with van der Waals surface area (Å²) < 4.78 is 5.51. The standard InChI is InChI=1S/C15H17N3O3/c1-3-16-9-12-5-7-15(17-10-12)21-14-6-4-11(2)8-13(14)18(19)20/h4-8,10,16H,3,9H2,1-2H3. The molecule has 0 aliphatic heterocycles. The van der Waals surface area contributed by atoms with Gasteiger partial charge in [-0.05, 0) is 30.7 Å². The van der Waals surface area contributed by atoms with Crippen LogP contribution in [-0.2, 0) is 6.54 Å². The highest BCUT2D eigenvalue weighted by Crippen LogP contribution is 2.31. The summed E-state index contributed by atoms with van der Waals surface area (Å²) in [5, 5.41) is 14.2. The number of ether oxygens (including phenoxy) is 1. The number of aryl methyl sites for hydroxylation is 1. The molecule has 0 bridgehead atoms. The molecule has 0 saturated carbocycles. The van der Waals surface area contributed by atoms with Gasteiger partial charge in [0.05, 0.1) is 4.92 Å². The van der Waals surface area contributed by atoms with Crippen molar-refractivity contribution < 1.29 is 9.66 Å². The smallest absolute Gasteiger partial charge is 0.311 e. The number of aromatic nitrogens is 1. The summed E-state index contributed by atoms with van der Waals surface area (Å²) in [5.74, 6) is 0.528. The number of nitrogens with one attached hydrogen (secondary N) is 1. The Morgan fingerprint density at radius 3 is 2.76 bits per heavy atom. The third kappa shape index (κ3) is 4.00. The zero-order valence-corrected chi connectivity index (χ0v) is 12.0. The second kappa shape index (κ2) is 6.81. The highest BCUT2D eigenvalue weighted by molar-refractivity contribution is 5.49. The molecule has 0 aliphatic carbocycles. The fraction of sp³-hybridized carbons (Fsp3) is 0.267. The first-order valence-electron chi connectivity index (χ1n) is 6.68. The average Bonchev–Trinajstić information content (AvgIpc) is 2.48. The molecule has 0 amide bonds. The van der Waals surface area contributed by atoms with E-state index in [1.54, 1.807) is 31.3 Å². The molecule has 1 aromatic carbocycles. The molecule has 2 aromatic rings. The Bertz CT molecular complexity index is 627. The van der Waals surface area contributed by atoms with Gasteiger partial charge in [-0.3, -0.25) is 10.1 Å². The van der Waals surface area contributed by atoms with Crippen LogP contribution in [0.1, 0.15) is 18.1 Å². The first kappa shape index (κ1) is 14.9. The highest BCUT2D eigenvalue weighted by atomic mass is 16.6. The van der Waals surface area contributed by atoms with Gasteiger partial charge in [0.25, 0.3) is 0 Å². The Balaban J connectivity index is 2.16. The van der Waals surface area contributed by atoms with E-state index in [9.17, 15) is 10.1 Å². The minimum atomic E-state index is -0.456. The predicted molar refractivity (Wildman–Crippen MR) is 79.5 cm³/mol. The molecule has 6 nitrogen and oxygen atoms in total. The van der Waals surface area contributed by atoms with Crippen molar-refractivity contribution in [2.24, 2.45) is 0 Å². The number of nitrogens with zero attached hydrogens (tertiary/aromatic N) is 2. The van der Waals surface area contributed by atoms with E-state index in [2.05, 4.69) is 10.3 Å². The summed E-state index contributed by atoms with van der Waals surface area (Å²) in [5.41, 5.74) is 1.78. The number of nitro benzene ring substituents is 1. The van der Waals surface area contributed by atoms with Crippen LogP contribution < -0.4 is 10.1 Å². The van der Waals surface area contributed by atoms with Crippen LogP contribution in [-0.4, -0.2) is 16.5 Å². The number of pyridine rings is 1. The van der Waals surface area contributed by atoms with Gasteiger partial charge in [0.15, 0.2) is 0 Å². The van der Waals surface area contributed by atoms with Gasteiger partial charge in [-0.15, -0.1) is 0 Å². The second-order valence-corrected chi connectivity index (χ2v) is 4.62. The van der Waals surface area contributed by atoms with Gasteiger partial charge in [-0.25, -0.2) is 4.98 Å².